The summed E-state index contributed by atoms with van der Waals surface area (Å²) in [6.07, 6.45) is 7.33. The van der Waals surface area contributed by atoms with Crippen LogP contribution in [0.5, 0.6) is 5.75 Å². The van der Waals surface area contributed by atoms with Gasteiger partial charge in [-0.2, -0.15) is 9.78 Å². The van der Waals surface area contributed by atoms with Crippen molar-refractivity contribution in [1.29, 1.82) is 5.26 Å². The van der Waals surface area contributed by atoms with Crippen LogP contribution in [0.15, 0.2) is 59.3 Å². The number of fused-ring (bicyclic) bond motifs is 1. The number of rotatable bonds is 7. The highest BCUT2D eigenvalue weighted by Crippen LogP contribution is 2.58. The Kier molecular flexibility index (Phi) is 5.98. The van der Waals surface area contributed by atoms with Gasteiger partial charge in [0, 0.05) is 18.2 Å². The van der Waals surface area contributed by atoms with Crippen LogP contribution in [0.3, 0.4) is 0 Å². The van der Waals surface area contributed by atoms with Gasteiger partial charge in [0.15, 0.2) is 11.3 Å². The second-order valence-electron chi connectivity index (χ2n) is 11.7. The molecule has 4 atom stereocenters. The van der Waals surface area contributed by atoms with Crippen LogP contribution in [-0.4, -0.2) is 42.9 Å². The third-order valence-corrected chi connectivity index (χ3v) is 9.20. The maximum Gasteiger partial charge on any atom is 0.179 e. The van der Waals surface area contributed by atoms with Crippen LogP contribution in [0.2, 0.25) is 0 Å². The number of nitrogens with one attached hydrogen (secondary N) is 1. The van der Waals surface area contributed by atoms with Crippen LogP contribution in [0.1, 0.15) is 49.8 Å². The maximum atomic E-state index is 11.3. The van der Waals surface area contributed by atoms with Crippen molar-refractivity contribution in [2.24, 2.45) is 11.8 Å². The highest BCUT2D eigenvalue weighted by molar-refractivity contribution is 9.10. The SMILES string of the molecule is COc1ccc(CN(c2cccc(Br)n2)c2cc(N[C@@]34C[C@@H]5C[C@@H](C[C@@](O)(C5)C3)C4)nn3c(C#N)cnc23)cc1. The minimum absolute atomic E-state index is 0.209. The molecule has 0 aliphatic heterocycles. The molecule has 204 valence electrons. The molecule has 3 heterocycles. The fraction of sp³-hybridized carbons (Fsp3) is 0.400. The third kappa shape index (κ3) is 4.47. The summed E-state index contributed by atoms with van der Waals surface area (Å²) in [6, 6.07) is 18.0. The van der Waals surface area contributed by atoms with E-state index in [-0.39, 0.29) is 5.54 Å². The molecule has 0 radical (unpaired) electrons. The highest BCUT2D eigenvalue weighted by Gasteiger charge is 2.57. The first-order valence-electron chi connectivity index (χ1n) is 13.7. The molecular formula is C30H30BrN7O2. The van der Waals surface area contributed by atoms with Crippen molar-refractivity contribution in [2.45, 2.75) is 56.2 Å². The van der Waals surface area contributed by atoms with E-state index in [9.17, 15) is 10.4 Å². The van der Waals surface area contributed by atoms with E-state index < -0.39 is 5.60 Å². The number of nitrogens with zero attached hydrogens (tertiary/aromatic N) is 6. The summed E-state index contributed by atoms with van der Waals surface area (Å²) in [6.45, 7) is 0.510. The average molecular weight is 601 g/mol. The molecule has 0 unspecified atom stereocenters. The zero-order valence-corrected chi connectivity index (χ0v) is 23.8. The number of ether oxygens (including phenoxy) is 1. The molecular weight excluding hydrogens is 570 g/mol. The van der Waals surface area contributed by atoms with E-state index >= 15 is 0 Å². The van der Waals surface area contributed by atoms with Crippen molar-refractivity contribution < 1.29 is 9.84 Å². The molecule has 3 aromatic heterocycles. The molecule has 4 aromatic rings. The first kappa shape index (κ1) is 25.3. The van der Waals surface area contributed by atoms with Crippen LogP contribution < -0.4 is 15.0 Å². The number of anilines is 3. The van der Waals surface area contributed by atoms with Crippen LogP contribution in [0.25, 0.3) is 5.65 Å². The Hall–Kier alpha value is -3.68. The number of hydrogen-bond donors (Lipinski definition) is 2. The van der Waals surface area contributed by atoms with Gasteiger partial charge >= 0.3 is 0 Å². The molecule has 0 amide bonds. The van der Waals surface area contributed by atoms with Gasteiger partial charge in [0.2, 0.25) is 0 Å². The van der Waals surface area contributed by atoms with E-state index in [0.717, 1.165) is 59.5 Å². The van der Waals surface area contributed by atoms with Gasteiger partial charge in [-0.05, 0) is 96.1 Å². The zero-order chi connectivity index (χ0) is 27.5. The van der Waals surface area contributed by atoms with Gasteiger partial charge in [-0.25, -0.2) is 9.97 Å². The molecule has 8 rings (SSSR count). The number of pyridine rings is 1. The minimum atomic E-state index is -0.600. The Bertz CT molecular complexity index is 1620. The van der Waals surface area contributed by atoms with Crippen molar-refractivity contribution >= 4 is 38.9 Å². The average Bonchev–Trinajstić information content (AvgIpc) is 3.33. The summed E-state index contributed by atoms with van der Waals surface area (Å²) in [5, 5.41) is 29.8. The largest absolute Gasteiger partial charge is 0.497 e. The first-order valence-corrected chi connectivity index (χ1v) is 14.5. The molecule has 1 aromatic carbocycles. The molecule has 4 saturated carbocycles. The van der Waals surface area contributed by atoms with Crippen LogP contribution in [0, 0.1) is 23.2 Å². The quantitative estimate of drug-likeness (QED) is 0.264. The normalized spacial score (nSPS) is 26.6. The lowest BCUT2D eigenvalue weighted by atomic mass is 9.51. The fourth-order valence-corrected chi connectivity index (χ4v) is 8.01. The van der Waals surface area contributed by atoms with Gasteiger partial charge in [-0.3, -0.25) is 0 Å². The Morgan fingerprint density at radius 1 is 1.18 bits per heavy atom. The van der Waals surface area contributed by atoms with Gasteiger partial charge < -0.3 is 20.1 Å². The molecule has 0 spiro atoms. The summed E-state index contributed by atoms with van der Waals surface area (Å²) in [4.78, 5) is 11.5. The Labute approximate surface area is 240 Å². The van der Waals surface area contributed by atoms with Crippen LogP contribution in [-0.2, 0) is 6.54 Å². The van der Waals surface area contributed by atoms with E-state index in [2.05, 4.69) is 37.2 Å². The molecule has 4 aliphatic rings. The van der Waals surface area contributed by atoms with Crippen molar-refractivity contribution in [3.05, 3.63) is 70.6 Å². The molecule has 10 heteroatoms. The van der Waals surface area contributed by atoms with E-state index in [0.29, 0.717) is 35.5 Å². The molecule has 40 heavy (non-hydrogen) atoms. The van der Waals surface area contributed by atoms with Crippen LogP contribution >= 0.6 is 15.9 Å². The number of benzene rings is 1. The predicted octanol–water partition coefficient (Wildman–Crippen LogP) is 5.60. The van der Waals surface area contributed by atoms with E-state index in [1.54, 1.807) is 17.8 Å². The van der Waals surface area contributed by atoms with E-state index in [1.165, 1.54) is 6.42 Å². The van der Waals surface area contributed by atoms with Gasteiger partial charge in [-0.15, -0.1) is 5.10 Å². The topological polar surface area (TPSA) is 112 Å². The van der Waals surface area contributed by atoms with Crippen molar-refractivity contribution in [1.82, 2.24) is 19.6 Å². The van der Waals surface area contributed by atoms with Gasteiger partial charge in [0.05, 0.1) is 24.6 Å². The lowest BCUT2D eigenvalue weighted by Crippen LogP contribution is -2.62. The minimum Gasteiger partial charge on any atom is -0.497 e. The fourth-order valence-electron chi connectivity index (χ4n) is 7.67. The maximum absolute atomic E-state index is 11.3. The molecule has 4 fully saturated rings. The number of nitriles is 1. The summed E-state index contributed by atoms with van der Waals surface area (Å²) in [5.41, 5.74) is 1.96. The zero-order valence-electron chi connectivity index (χ0n) is 22.2. The smallest absolute Gasteiger partial charge is 0.179 e. The van der Waals surface area contributed by atoms with Crippen molar-refractivity contribution in [3.63, 3.8) is 0 Å². The molecule has 9 nitrogen and oxygen atoms in total. The first-order chi connectivity index (χ1) is 19.3. The van der Waals surface area contributed by atoms with E-state index in [1.807, 2.05) is 48.5 Å². The third-order valence-electron chi connectivity index (χ3n) is 8.75. The Morgan fingerprint density at radius 3 is 2.62 bits per heavy atom. The van der Waals surface area contributed by atoms with Crippen molar-refractivity contribution in [3.8, 4) is 11.8 Å². The van der Waals surface area contributed by atoms with Gasteiger partial charge in [-0.1, -0.05) is 18.2 Å². The summed E-state index contributed by atoms with van der Waals surface area (Å²) >= 11 is 3.53. The number of aliphatic hydroxyl groups is 1. The molecule has 4 bridgehead atoms. The monoisotopic (exact) mass is 599 g/mol. The number of methoxy groups -OCH3 is 1. The summed E-state index contributed by atoms with van der Waals surface area (Å²) in [7, 11) is 1.66. The molecule has 0 saturated heterocycles. The van der Waals surface area contributed by atoms with Crippen molar-refractivity contribution in [2.75, 3.05) is 17.3 Å². The van der Waals surface area contributed by atoms with E-state index in [4.69, 9.17) is 14.8 Å². The highest BCUT2D eigenvalue weighted by atomic mass is 79.9. The van der Waals surface area contributed by atoms with Gasteiger partial charge in [0.1, 0.15) is 28.1 Å². The standard InChI is InChI=1S/C30H30BrN7O2/c1-40-23-7-5-19(6-8-23)17-37(27-4-2-3-25(31)34-27)24-10-26(36-38-22(15-32)16-33-28(24)38)35-29-11-20-9-21(12-29)14-30(39,13-20)18-29/h2-8,10,16,20-21,39H,9,11-14,17-18H2,1H3,(H,35,36)/t20-,21+,29+,30-. The van der Waals surface area contributed by atoms with Crippen LogP contribution in [0.4, 0.5) is 17.3 Å². The number of aromatic nitrogens is 4. The number of hydrogen-bond acceptors (Lipinski definition) is 8. The second-order valence-corrected chi connectivity index (χ2v) is 12.6. The number of halogens is 1. The summed E-state index contributed by atoms with van der Waals surface area (Å²) in [5.74, 6) is 3.24. The summed E-state index contributed by atoms with van der Waals surface area (Å²) < 4.78 is 7.69. The predicted molar refractivity (Wildman–Crippen MR) is 154 cm³/mol. The lowest BCUT2D eigenvalue weighted by Gasteiger charge is -2.60. The molecule has 2 N–H and O–H groups in total. The Morgan fingerprint density at radius 2 is 1.95 bits per heavy atom. The second kappa shape index (κ2) is 9.46. The number of imidazole rings is 1. The Balaban J connectivity index is 1.34. The van der Waals surface area contributed by atoms with Gasteiger partial charge in [0.25, 0.3) is 0 Å². The molecule has 4 aliphatic carbocycles. The lowest BCUT2D eigenvalue weighted by molar-refractivity contribution is -0.127.